The van der Waals surface area contributed by atoms with E-state index in [1.54, 1.807) is 0 Å². The molecule has 4 N–H and O–H groups in total. The minimum Gasteiger partial charge on any atom is -0.394 e. The molecular weight excluding hydrogens is 216 g/mol. The van der Waals surface area contributed by atoms with Gasteiger partial charge in [0.1, 0.15) is 6.10 Å². The van der Waals surface area contributed by atoms with Crippen LogP contribution < -0.4 is 11.2 Å². The highest BCUT2D eigenvalue weighted by Gasteiger charge is 2.35. The van der Waals surface area contributed by atoms with Gasteiger partial charge in [0.05, 0.1) is 24.4 Å². The van der Waals surface area contributed by atoms with Crippen molar-refractivity contribution in [2.75, 3.05) is 6.61 Å². The zero-order valence-corrected chi connectivity index (χ0v) is 8.34. The molecule has 0 spiro atoms. The molecule has 3 unspecified atom stereocenters. The predicted molar refractivity (Wildman–Crippen MR) is 53.0 cm³/mol. The van der Waals surface area contributed by atoms with Crippen molar-refractivity contribution >= 4 is 0 Å². The van der Waals surface area contributed by atoms with Gasteiger partial charge in [0.15, 0.2) is 0 Å². The topological polar surface area (TPSA) is 115 Å². The molecule has 88 valence electrons. The van der Waals surface area contributed by atoms with E-state index in [4.69, 9.17) is 9.84 Å². The second-order valence-corrected chi connectivity index (χ2v) is 3.68. The van der Waals surface area contributed by atoms with Crippen molar-refractivity contribution in [2.24, 2.45) is 0 Å². The van der Waals surface area contributed by atoms with Crippen LogP contribution in [-0.2, 0) is 4.74 Å². The van der Waals surface area contributed by atoms with E-state index in [1.807, 2.05) is 0 Å². The fraction of sp³-hybridized carbons (Fsp3) is 0.556. The summed E-state index contributed by atoms with van der Waals surface area (Å²) >= 11 is 0. The Hall–Kier alpha value is -1.44. The zero-order chi connectivity index (χ0) is 11.7. The average molecular weight is 228 g/mol. The first-order valence-electron chi connectivity index (χ1n) is 4.88. The lowest BCUT2D eigenvalue weighted by Crippen LogP contribution is -2.26. The first kappa shape index (κ1) is 11.1. The minimum absolute atomic E-state index is 0.223. The summed E-state index contributed by atoms with van der Waals surface area (Å²) in [7, 11) is 0. The molecule has 0 saturated carbocycles. The van der Waals surface area contributed by atoms with E-state index >= 15 is 0 Å². The van der Waals surface area contributed by atoms with Crippen LogP contribution >= 0.6 is 0 Å². The molecule has 0 aromatic carbocycles. The number of nitrogens with one attached hydrogen (secondary N) is 2. The summed E-state index contributed by atoms with van der Waals surface area (Å²) in [5.41, 5.74) is -0.889. The summed E-state index contributed by atoms with van der Waals surface area (Å²) in [4.78, 5) is 26.6. The number of rotatable bonds is 2. The van der Waals surface area contributed by atoms with Gasteiger partial charge in [-0.05, 0) is 0 Å². The van der Waals surface area contributed by atoms with Crippen molar-refractivity contribution in [1.29, 1.82) is 0 Å². The fourth-order valence-corrected chi connectivity index (χ4v) is 1.75. The molecule has 1 aromatic rings. The van der Waals surface area contributed by atoms with Gasteiger partial charge in [-0.1, -0.05) is 0 Å². The number of aliphatic hydroxyl groups excluding tert-OH is 2. The molecular formula is C9H12N2O5. The molecule has 2 heterocycles. The van der Waals surface area contributed by atoms with Crippen LogP contribution in [0, 0.1) is 0 Å². The van der Waals surface area contributed by atoms with Crippen LogP contribution in [0.2, 0.25) is 0 Å². The van der Waals surface area contributed by atoms with Crippen molar-refractivity contribution in [1.82, 2.24) is 9.97 Å². The van der Waals surface area contributed by atoms with Gasteiger partial charge in [0.25, 0.3) is 5.56 Å². The molecule has 0 radical (unpaired) electrons. The second kappa shape index (κ2) is 4.20. The number of aromatic nitrogens is 2. The maximum atomic E-state index is 11.4. The fourth-order valence-electron chi connectivity index (χ4n) is 1.75. The average Bonchev–Trinajstić information content (AvgIpc) is 2.59. The molecule has 1 aliphatic heterocycles. The van der Waals surface area contributed by atoms with Crippen LogP contribution in [0.15, 0.2) is 15.8 Å². The first-order valence-corrected chi connectivity index (χ1v) is 4.88. The highest BCUT2D eigenvalue weighted by Crippen LogP contribution is 2.30. The van der Waals surface area contributed by atoms with E-state index in [-0.39, 0.29) is 18.6 Å². The van der Waals surface area contributed by atoms with Crippen LogP contribution in [0.4, 0.5) is 0 Å². The van der Waals surface area contributed by atoms with Gasteiger partial charge in [-0.2, -0.15) is 0 Å². The van der Waals surface area contributed by atoms with Gasteiger partial charge >= 0.3 is 5.69 Å². The molecule has 1 aliphatic rings. The number of hydrogen-bond acceptors (Lipinski definition) is 5. The second-order valence-electron chi connectivity index (χ2n) is 3.68. The number of ether oxygens (including phenoxy) is 1. The van der Waals surface area contributed by atoms with E-state index in [2.05, 4.69) is 9.97 Å². The van der Waals surface area contributed by atoms with Crippen LogP contribution in [-0.4, -0.2) is 39.0 Å². The normalized spacial score (nSPS) is 29.5. The van der Waals surface area contributed by atoms with E-state index in [0.29, 0.717) is 0 Å². The van der Waals surface area contributed by atoms with Crippen LogP contribution in [0.5, 0.6) is 0 Å². The summed E-state index contributed by atoms with van der Waals surface area (Å²) < 4.78 is 5.29. The Balaban J connectivity index is 2.27. The van der Waals surface area contributed by atoms with Crippen molar-refractivity contribution < 1.29 is 14.9 Å². The number of hydrogen-bond donors (Lipinski definition) is 4. The quantitative estimate of drug-likeness (QED) is 0.479. The van der Waals surface area contributed by atoms with Gasteiger partial charge in [-0.25, -0.2) is 4.79 Å². The third kappa shape index (κ3) is 1.92. The van der Waals surface area contributed by atoms with Gasteiger partial charge in [0.2, 0.25) is 0 Å². The maximum Gasteiger partial charge on any atom is 0.325 e. The molecule has 1 fully saturated rings. The van der Waals surface area contributed by atoms with Crippen LogP contribution in [0.25, 0.3) is 0 Å². The molecule has 7 heteroatoms. The van der Waals surface area contributed by atoms with E-state index in [0.717, 1.165) is 0 Å². The lowest BCUT2D eigenvalue weighted by atomic mass is 10.1. The summed E-state index contributed by atoms with van der Waals surface area (Å²) in [6.07, 6.45) is -0.607. The highest BCUT2D eigenvalue weighted by molar-refractivity contribution is 5.10. The summed E-state index contributed by atoms with van der Waals surface area (Å²) in [6.45, 7) is -0.307. The van der Waals surface area contributed by atoms with E-state index < -0.39 is 29.6 Å². The Morgan fingerprint density at radius 2 is 2.25 bits per heavy atom. The van der Waals surface area contributed by atoms with E-state index in [1.165, 1.54) is 6.20 Å². The molecule has 0 aliphatic carbocycles. The Morgan fingerprint density at radius 3 is 2.81 bits per heavy atom. The van der Waals surface area contributed by atoms with Crippen LogP contribution in [0.3, 0.4) is 0 Å². The zero-order valence-electron chi connectivity index (χ0n) is 8.34. The Morgan fingerprint density at radius 1 is 1.50 bits per heavy atom. The molecule has 16 heavy (non-hydrogen) atoms. The molecule has 1 saturated heterocycles. The summed E-state index contributed by atoms with van der Waals surface area (Å²) in [6, 6.07) is 0. The molecule has 7 nitrogen and oxygen atoms in total. The Labute approximate surface area is 89.7 Å². The maximum absolute atomic E-state index is 11.4. The van der Waals surface area contributed by atoms with Crippen LogP contribution in [0.1, 0.15) is 18.1 Å². The lowest BCUT2D eigenvalue weighted by molar-refractivity contribution is -0.0229. The largest absolute Gasteiger partial charge is 0.394 e. The Bertz CT molecular complexity index is 479. The van der Waals surface area contributed by atoms with E-state index in [9.17, 15) is 14.7 Å². The van der Waals surface area contributed by atoms with Gasteiger partial charge in [-0.3, -0.25) is 9.78 Å². The summed E-state index contributed by atoms with van der Waals surface area (Å²) in [5.74, 6) is 0. The van der Waals surface area contributed by atoms with Gasteiger partial charge < -0.3 is 19.9 Å². The smallest absolute Gasteiger partial charge is 0.325 e. The van der Waals surface area contributed by atoms with Gasteiger partial charge in [-0.15, -0.1) is 0 Å². The third-order valence-electron chi connectivity index (χ3n) is 2.60. The van der Waals surface area contributed by atoms with Crippen molar-refractivity contribution in [2.45, 2.75) is 24.7 Å². The highest BCUT2D eigenvalue weighted by atomic mass is 16.5. The van der Waals surface area contributed by atoms with Gasteiger partial charge in [0, 0.05) is 12.6 Å². The Kier molecular flexibility index (Phi) is 2.90. The number of H-pyrrole nitrogens is 2. The molecule has 3 atom stereocenters. The standard InChI is InChI=1S/C9H12N2O5/c12-3-7-5(13)1-6(16-7)4-2-10-9(15)11-8(4)14/h2,5-7,12-13H,1,3H2,(H2,10,11,14,15). The van der Waals surface area contributed by atoms with Crippen molar-refractivity contribution in [3.05, 3.63) is 32.6 Å². The molecule has 0 bridgehead atoms. The first-order chi connectivity index (χ1) is 7.61. The SMILES string of the molecule is O=c1[nH]cc(C2CC(O)C(CO)O2)c(=O)[nH]1. The molecule has 0 amide bonds. The minimum atomic E-state index is -0.804. The predicted octanol–water partition coefficient (Wildman–Crippen LogP) is -1.75. The van der Waals surface area contributed by atoms with Crippen molar-refractivity contribution in [3.8, 4) is 0 Å². The molecule has 2 rings (SSSR count). The summed E-state index contributed by atoms with van der Waals surface area (Å²) in [5, 5.41) is 18.4. The lowest BCUT2D eigenvalue weighted by Gasteiger charge is -2.10. The third-order valence-corrected chi connectivity index (χ3v) is 2.60. The molecule has 1 aromatic heterocycles. The monoisotopic (exact) mass is 228 g/mol. The van der Waals surface area contributed by atoms with Crippen molar-refractivity contribution in [3.63, 3.8) is 0 Å². The number of aromatic amines is 2. The number of aliphatic hydroxyl groups is 2.